The predicted octanol–water partition coefficient (Wildman–Crippen LogP) is 12.1. The van der Waals surface area contributed by atoms with Crippen molar-refractivity contribution < 1.29 is 4.42 Å². The monoisotopic (exact) mass is 563 g/mol. The summed E-state index contributed by atoms with van der Waals surface area (Å²) in [4.78, 5) is 2.31. The van der Waals surface area contributed by atoms with E-state index in [2.05, 4.69) is 169 Å². The SMILES string of the molecule is c1ccc(-c2cc(-c3ccccc3)cc(-c3ccc(N(c4ccccc4)c4ccc5oc6ccccc6c5c4)cc3)c2)cc1. The van der Waals surface area contributed by atoms with Crippen molar-refractivity contribution >= 4 is 39.0 Å². The van der Waals surface area contributed by atoms with Crippen LogP contribution >= 0.6 is 0 Å². The Morgan fingerprint density at radius 1 is 0.295 bits per heavy atom. The lowest BCUT2D eigenvalue weighted by Crippen LogP contribution is -2.09. The maximum Gasteiger partial charge on any atom is 0.135 e. The fraction of sp³-hybridized carbons (Fsp3) is 0. The van der Waals surface area contributed by atoms with Gasteiger partial charge in [0.2, 0.25) is 0 Å². The van der Waals surface area contributed by atoms with Crippen LogP contribution < -0.4 is 4.90 Å². The molecule has 0 spiro atoms. The zero-order valence-corrected chi connectivity index (χ0v) is 24.1. The number of hydrogen-bond acceptors (Lipinski definition) is 2. The summed E-state index contributed by atoms with van der Waals surface area (Å²) < 4.78 is 6.13. The second kappa shape index (κ2) is 11.1. The lowest BCUT2D eigenvalue weighted by atomic mass is 9.93. The highest BCUT2D eigenvalue weighted by Crippen LogP contribution is 2.40. The van der Waals surface area contributed by atoms with E-state index in [0.29, 0.717) is 0 Å². The molecule has 0 saturated heterocycles. The van der Waals surface area contributed by atoms with E-state index in [1.807, 2.05) is 12.1 Å². The molecule has 0 aliphatic rings. The van der Waals surface area contributed by atoms with Crippen molar-refractivity contribution in [3.8, 4) is 33.4 Å². The fourth-order valence-corrected chi connectivity index (χ4v) is 6.07. The van der Waals surface area contributed by atoms with Gasteiger partial charge in [0.1, 0.15) is 11.2 Å². The molecule has 0 fully saturated rings. The van der Waals surface area contributed by atoms with Gasteiger partial charge in [0, 0.05) is 27.8 Å². The summed E-state index contributed by atoms with van der Waals surface area (Å²) in [7, 11) is 0. The minimum Gasteiger partial charge on any atom is -0.456 e. The van der Waals surface area contributed by atoms with Crippen molar-refractivity contribution in [3.63, 3.8) is 0 Å². The summed E-state index contributed by atoms with van der Waals surface area (Å²) in [5.74, 6) is 0. The molecule has 8 rings (SSSR count). The lowest BCUT2D eigenvalue weighted by Gasteiger charge is -2.25. The summed E-state index contributed by atoms with van der Waals surface area (Å²) in [5, 5.41) is 2.24. The van der Waals surface area contributed by atoms with Gasteiger partial charge in [0.05, 0.1) is 0 Å². The zero-order valence-electron chi connectivity index (χ0n) is 24.1. The molecule has 208 valence electrons. The molecule has 0 atom stereocenters. The Morgan fingerprint density at radius 3 is 1.36 bits per heavy atom. The van der Waals surface area contributed by atoms with Crippen molar-refractivity contribution in [2.75, 3.05) is 4.90 Å². The van der Waals surface area contributed by atoms with Crippen LogP contribution in [0.25, 0.3) is 55.3 Å². The van der Waals surface area contributed by atoms with Gasteiger partial charge in [0.15, 0.2) is 0 Å². The minimum atomic E-state index is 0.894. The van der Waals surface area contributed by atoms with Gasteiger partial charge in [-0.3, -0.25) is 0 Å². The molecule has 0 amide bonds. The molecule has 44 heavy (non-hydrogen) atoms. The summed E-state index contributed by atoms with van der Waals surface area (Å²) >= 11 is 0. The third-order valence-electron chi connectivity index (χ3n) is 8.24. The summed E-state index contributed by atoms with van der Waals surface area (Å²) in [6.07, 6.45) is 0. The Bertz CT molecular complexity index is 2140. The van der Waals surface area contributed by atoms with Crippen LogP contribution in [0.2, 0.25) is 0 Å². The van der Waals surface area contributed by atoms with Crippen molar-refractivity contribution in [3.05, 3.63) is 176 Å². The normalized spacial score (nSPS) is 11.2. The van der Waals surface area contributed by atoms with Crippen LogP contribution in [0.5, 0.6) is 0 Å². The molecule has 8 aromatic rings. The van der Waals surface area contributed by atoms with E-state index < -0.39 is 0 Å². The molecule has 7 aromatic carbocycles. The molecule has 0 N–H and O–H groups in total. The Kier molecular flexibility index (Phi) is 6.51. The molecule has 0 radical (unpaired) electrons. The molecule has 0 bridgehead atoms. The van der Waals surface area contributed by atoms with E-state index in [1.54, 1.807) is 0 Å². The standard InChI is InChI=1S/C42H29NO/c1-4-12-30(13-5-1)33-26-34(31-14-6-2-7-15-31)28-35(27-33)32-20-22-37(23-21-32)43(36-16-8-3-9-17-36)38-24-25-42-40(29-38)39-18-10-11-19-41(39)44-42/h1-29H. The lowest BCUT2D eigenvalue weighted by molar-refractivity contribution is 0.669. The van der Waals surface area contributed by atoms with Gasteiger partial charge < -0.3 is 9.32 Å². The number of benzene rings is 7. The Hall–Kier alpha value is -5.86. The second-order valence-electron chi connectivity index (χ2n) is 11.0. The van der Waals surface area contributed by atoms with Gasteiger partial charge in [-0.2, -0.15) is 0 Å². The second-order valence-corrected chi connectivity index (χ2v) is 11.0. The third kappa shape index (κ3) is 4.83. The van der Waals surface area contributed by atoms with Gasteiger partial charge in [-0.05, 0) is 100 Å². The highest BCUT2D eigenvalue weighted by Gasteiger charge is 2.16. The topological polar surface area (TPSA) is 16.4 Å². The maximum absolute atomic E-state index is 6.13. The van der Waals surface area contributed by atoms with E-state index in [-0.39, 0.29) is 0 Å². The molecule has 1 heterocycles. The van der Waals surface area contributed by atoms with Crippen molar-refractivity contribution in [1.29, 1.82) is 0 Å². The van der Waals surface area contributed by atoms with Gasteiger partial charge in [-0.25, -0.2) is 0 Å². The van der Waals surface area contributed by atoms with Crippen LogP contribution in [0.4, 0.5) is 17.1 Å². The molecule has 0 aliphatic heterocycles. The average Bonchev–Trinajstić information content (AvgIpc) is 3.48. The van der Waals surface area contributed by atoms with Crippen LogP contribution in [0.3, 0.4) is 0 Å². The molecular weight excluding hydrogens is 534 g/mol. The summed E-state index contributed by atoms with van der Waals surface area (Å²) in [6.45, 7) is 0. The smallest absolute Gasteiger partial charge is 0.135 e. The first kappa shape index (κ1) is 25.8. The first-order valence-corrected chi connectivity index (χ1v) is 14.9. The average molecular weight is 564 g/mol. The maximum atomic E-state index is 6.13. The minimum absolute atomic E-state index is 0.894. The molecular formula is C42H29NO. The Balaban J connectivity index is 1.23. The zero-order chi connectivity index (χ0) is 29.3. The molecule has 2 nitrogen and oxygen atoms in total. The van der Waals surface area contributed by atoms with E-state index in [0.717, 1.165) is 39.0 Å². The fourth-order valence-electron chi connectivity index (χ4n) is 6.07. The van der Waals surface area contributed by atoms with Crippen LogP contribution in [-0.2, 0) is 0 Å². The number of para-hydroxylation sites is 2. The highest BCUT2D eigenvalue weighted by molar-refractivity contribution is 6.06. The predicted molar refractivity (Wildman–Crippen MR) is 185 cm³/mol. The first-order valence-electron chi connectivity index (χ1n) is 14.9. The Labute approximate surface area is 257 Å². The van der Waals surface area contributed by atoms with Crippen LogP contribution in [0, 0.1) is 0 Å². The van der Waals surface area contributed by atoms with Crippen molar-refractivity contribution in [2.24, 2.45) is 0 Å². The third-order valence-corrected chi connectivity index (χ3v) is 8.24. The molecule has 0 aliphatic carbocycles. The molecule has 0 unspecified atom stereocenters. The van der Waals surface area contributed by atoms with E-state index in [4.69, 9.17) is 4.42 Å². The van der Waals surface area contributed by atoms with Gasteiger partial charge in [0.25, 0.3) is 0 Å². The number of furan rings is 1. The highest BCUT2D eigenvalue weighted by atomic mass is 16.3. The van der Waals surface area contributed by atoms with Gasteiger partial charge in [-0.15, -0.1) is 0 Å². The number of fused-ring (bicyclic) bond motifs is 3. The number of rotatable bonds is 6. The van der Waals surface area contributed by atoms with E-state index >= 15 is 0 Å². The number of nitrogens with zero attached hydrogens (tertiary/aromatic N) is 1. The first-order chi connectivity index (χ1) is 21.8. The molecule has 0 saturated carbocycles. The Morgan fingerprint density at radius 2 is 0.750 bits per heavy atom. The van der Waals surface area contributed by atoms with Gasteiger partial charge in [-0.1, -0.05) is 109 Å². The number of anilines is 3. The van der Waals surface area contributed by atoms with E-state index in [1.165, 1.54) is 33.4 Å². The van der Waals surface area contributed by atoms with Crippen LogP contribution in [-0.4, -0.2) is 0 Å². The number of hydrogen-bond donors (Lipinski definition) is 0. The van der Waals surface area contributed by atoms with Crippen LogP contribution in [0.1, 0.15) is 0 Å². The van der Waals surface area contributed by atoms with Crippen LogP contribution in [0.15, 0.2) is 180 Å². The van der Waals surface area contributed by atoms with Crippen molar-refractivity contribution in [2.45, 2.75) is 0 Å². The molecule has 1 aromatic heterocycles. The quantitative estimate of drug-likeness (QED) is 0.200. The van der Waals surface area contributed by atoms with Crippen molar-refractivity contribution in [1.82, 2.24) is 0 Å². The van der Waals surface area contributed by atoms with Gasteiger partial charge >= 0.3 is 0 Å². The summed E-state index contributed by atoms with van der Waals surface area (Å²) in [5.41, 5.74) is 12.3. The largest absolute Gasteiger partial charge is 0.456 e. The summed E-state index contributed by atoms with van der Waals surface area (Å²) in [6, 6.07) is 62.2. The molecule has 2 heteroatoms. The van der Waals surface area contributed by atoms with E-state index in [9.17, 15) is 0 Å².